The van der Waals surface area contributed by atoms with Gasteiger partial charge in [-0.1, -0.05) is 35.3 Å². The molecule has 0 unspecified atom stereocenters. The van der Waals surface area contributed by atoms with Gasteiger partial charge in [-0.3, -0.25) is 5.10 Å². The predicted molar refractivity (Wildman–Crippen MR) is 117 cm³/mol. The highest BCUT2D eigenvalue weighted by Gasteiger charge is 2.27. The summed E-state index contributed by atoms with van der Waals surface area (Å²) in [7, 11) is 0. The van der Waals surface area contributed by atoms with Crippen molar-refractivity contribution in [2.75, 3.05) is 31.1 Å². The summed E-state index contributed by atoms with van der Waals surface area (Å²) >= 11 is 12.5. The zero-order chi connectivity index (χ0) is 21.5. The van der Waals surface area contributed by atoms with Gasteiger partial charge >= 0.3 is 6.09 Å². The zero-order valence-electron chi connectivity index (χ0n) is 16.9. The Morgan fingerprint density at radius 2 is 1.90 bits per heavy atom. The summed E-state index contributed by atoms with van der Waals surface area (Å²) < 4.78 is 5.44. The number of aromatic nitrogens is 4. The monoisotopic (exact) mass is 448 g/mol. The number of rotatable bonds is 2. The van der Waals surface area contributed by atoms with E-state index in [2.05, 4.69) is 25.1 Å². The summed E-state index contributed by atoms with van der Waals surface area (Å²) in [6, 6.07) is 5.40. The first-order chi connectivity index (χ1) is 14.2. The lowest BCUT2D eigenvalue weighted by atomic mass is 10.1. The molecule has 1 aliphatic heterocycles. The van der Waals surface area contributed by atoms with Crippen LogP contribution in [-0.2, 0) is 4.74 Å². The van der Waals surface area contributed by atoms with Gasteiger partial charge in [0.25, 0.3) is 0 Å². The smallest absolute Gasteiger partial charge is 0.410 e. The van der Waals surface area contributed by atoms with Gasteiger partial charge in [0.2, 0.25) is 5.65 Å². The number of H-pyrrole nitrogens is 1. The van der Waals surface area contributed by atoms with Crippen molar-refractivity contribution in [3.8, 4) is 11.3 Å². The van der Waals surface area contributed by atoms with Crippen molar-refractivity contribution in [3.05, 3.63) is 34.4 Å². The number of hydrogen-bond donors (Lipinski definition) is 1. The topological polar surface area (TPSA) is 87.2 Å². The van der Waals surface area contributed by atoms with Crippen LogP contribution in [0, 0.1) is 0 Å². The van der Waals surface area contributed by atoms with E-state index in [1.54, 1.807) is 17.2 Å². The molecule has 0 atom stereocenters. The molecule has 1 aromatic carbocycles. The average Bonchev–Trinajstić information content (AvgIpc) is 3.12. The number of hydrogen-bond acceptors (Lipinski definition) is 6. The predicted octanol–water partition coefficient (Wildman–Crippen LogP) is 4.38. The molecule has 0 radical (unpaired) electrons. The van der Waals surface area contributed by atoms with Gasteiger partial charge in [0.05, 0.1) is 21.9 Å². The number of benzene rings is 1. The first-order valence-corrected chi connectivity index (χ1v) is 10.4. The lowest BCUT2D eigenvalue weighted by Gasteiger charge is -2.35. The molecule has 1 N–H and O–H groups in total. The van der Waals surface area contributed by atoms with Crippen LogP contribution in [0.5, 0.6) is 0 Å². The molecule has 3 heterocycles. The molecule has 30 heavy (non-hydrogen) atoms. The molecule has 4 rings (SSSR count). The maximum Gasteiger partial charge on any atom is 0.410 e. The second-order valence-electron chi connectivity index (χ2n) is 8.05. The Morgan fingerprint density at radius 3 is 2.60 bits per heavy atom. The van der Waals surface area contributed by atoms with Crippen molar-refractivity contribution in [3.63, 3.8) is 0 Å². The Bertz CT molecular complexity index is 1090. The number of nitrogens with zero attached hydrogens (tertiary/aromatic N) is 5. The van der Waals surface area contributed by atoms with Gasteiger partial charge in [0, 0.05) is 31.7 Å². The van der Waals surface area contributed by atoms with Crippen LogP contribution in [0.3, 0.4) is 0 Å². The van der Waals surface area contributed by atoms with Crippen molar-refractivity contribution in [2.45, 2.75) is 26.4 Å². The van der Waals surface area contributed by atoms with E-state index in [4.69, 9.17) is 27.9 Å². The number of amides is 1. The van der Waals surface area contributed by atoms with Gasteiger partial charge in [-0.05, 0) is 26.8 Å². The third kappa shape index (κ3) is 4.15. The van der Waals surface area contributed by atoms with E-state index < -0.39 is 5.60 Å². The number of aromatic amines is 1. The number of nitrogens with one attached hydrogen (secondary N) is 1. The molecule has 1 aliphatic rings. The lowest BCUT2D eigenvalue weighted by Crippen LogP contribution is -2.50. The largest absolute Gasteiger partial charge is 0.444 e. The van der Waals surface area contributed by atoms with E-state index in [1.807, 2.05) is 32.9 Å². The number of anilines is 1. The van der Waals surface area contributed by atoms with Gasteiger partial charge in [0.15, 0.2) is 0 Å². The Kier molecular flexibility index (Phi) is 5.46. The van der Waals surface area contributed by atoms with Crippen LogP contribution < -0.4 is 4.90 Å². The van der Waals surface area contributed by atoms with Gasteiger partial charge < -0.3 is 14.5 Å². The molecule has 1 fully saturated rings. The summed E-state index contributed by atoms with van der Waals surface area (Å²) in [5.74, 6) is 0.710. The minimum absolute atomic E-state index is 0.293. The summed E-state index contributed by atoms with van der Waals surface area (Å²) in [6.07, 6.45) is 1.42. The van der Waals surface area contributed by atoms with Crippen LogP contribution in [0.1, 0.15) is 20.8 Å². The number of halogens is 2. The molecule has 0 saturated carbocycles. The standard InChI is InChI=1S/C20H22Cl2N6O2/c1-20(2,3)30-19(29)28-9-7-27(8-10-28)14-11-23-17-16(25-26-18(17)24-14)12-5-4-6-13(21)15(12)22/h4-6,11H,7-10H2,1-3H3,(H,24,25,26). The van der Waals surface area contributed by atoms with Gasteiger partial charge in [-0.25, -0.2) is 14.8 Å². The first-order valence-electron chi connectivity index (χ1n) is 9.61. The van der Waals surface area contributed by atoms with E-state index in [0.717, 1.165) is 5.56 Å². The molecule has 1 saturated heterocycles. The van der Waals surface area contributed by atoms with E-state index in [-0.39, 0.29) is 6.09 Å². The van der Waals surface area contributed by atoms with Crippen LogP contribution in [0.4, 0.5) is 10.6 Å². The second kappa shape index (κ2) is 7.92. The molecule has 1 amide bonds. The molecule has 3 aromatic rings. The Balaban J connectivity index is 1.51. The molecule has 10 heteroatoms. The number of carbonyl (C=O) groups is 1. The van der Waals surface area contributed by atoms with Crippen molar-refractivity contribution in [1.29, 1.82) is 0 Å². The zero-order valence-corrected chi connectivity index (χ0v) is 18.5. The Hall–Kier alpha value is -2.58. The third-order valence-corrected chi connectivity index (χ3v) is 5.55. The van der Waals surface area contributed by atoms with Gasteiger partial charge in [0.1, 0.15) is 16.9 Å². The van der Waals surface area contributed by atoms with E-state index in [9.17, 15) is 4.79 Å². The van der Waals surface area contributed by atoms with Crippen LogP contribution in [0.2, 0.25) is 10.0 Å². The highest BCUT2D eigenvalue weighted by molar-refractivity contribution is 6.43. The maximum atomic E-state index is 12.2. The summed E-state index contributed by atoms with van der Waals surface area (Å²) in [4.78, 5) is 25.2. The van der Waals surface area contributed by atoms with E-state index in [1.165, 1.54) is 0 Å². The molecule has 0 aliphatic carbocycles. The number of carbonyl (C=O) groups excluding carboxylic acids is 1. The molecule has 8 nitrogen and oxygen atoms in total. The van der Waals surface area contributed by atoms with Crippen molar-refractivity contribution >= 4 is 46.3 Å². The molecular weight excluding hydrogens is 427 g/mol. The summed E-state index contributed by atoms with van der Waals surface area (Å²) in [5, 5.41) is 8.16. The normalized spacial score (nSPS) is 15.0. The number of piperazine rings is 1. The molecule has 0 spiro atoms. The number of fused-ring (bicyclic) bond motifs is 1. The second-order valence-corrected chi connectivity index (χ2v) is 8.84. The minimum atomic E-state index is -0.506. The molecular formula is C20H22Cl2N6O2. The van der Waals surface area contributed by atoms with Crippen molar-refractivity contribution < 1.29 is 9.53 Å². The van der Waals surface area contributed by atoms with Gasteiger partial charge in [-0.15, -0.1) is 0 Å². The van der Waals surface area contributed by atoms with E-state index in [0.29, 0.717) is 58.9 Å². The number of ether oxygens (including phenoxy) is 1. The maximum absolute atomic E-state index is 12.2. The van der Waals surface area contributed by atoms with Gasteiger partial charge in [-0.2, -0.15) is 5.10 Å². The summed E-state index contributed by atoms with van der Waals surface area (Å²) in [6.45, 7) is 7.97. The Morgan fingerprint density at radius 1 is 1.17 bits per heavy atom. The van der Waals surface area contributed by atoms with Crippen molar-refractivity contribution in [1.82, 2.24) is 25.1 Å². The third-order valence-electron chi connectivity index (χ3n) is 4.73. The fourth-order valence-electron chi connectivity index (χ4n) is 3.27. The van der Waals surface area contributed by atoms with E-state index >= 15 is 0 Å². The Labute approximate surface area is 184 Å². The highest BCUT2D eigenvalue weighted by atomic mass is 35.5. The summed E-state index contributed by atoms with van der Waals surface area (Å²) in [5.41, 5.74) is 2.00. The fourth-order valence-corrected chi connectivity index (χ4v) is 3.66. The molecule has 158 valence electrons. The highest BCUT2D eigenvalue weighted by Crippen LogP contribution is 2.35. The quantitative estimate of drug-likeness (QED) is 0.625. The first kappa shape index (κ1) is 20.7. The lowest BCUT2D eigenvalue weighted by molar-refractivity contribution is 0.0240. The molecule has 2 aromatic heterocycles. The minimum Gasteiger partial charge on any atom is -0.444 e. The van der Waals surface area contributed by atoms with Crippen LogP contribution in [0.25, 0.3) is 22.4 Å². The molecule has 0 bridgehead atoms. The SMILES string of the molecule is CC(C)(C)OC(=O)N1CCN(c2cnc3c(-c4cccc(Cl)c4Cl)[nH]nc3n2)CC1. The van der Waals surface area contributed by atoms with Crippen LogP contribution >= 0.6 is 23.2 Å². The van der Waals surface area contributed by atoms with Crippen LogP contribution in [0.15, 0.2) is 24.4 Å². The van der Waals surface area contributed by atoms with Crippen molar-refractivity contribution in [2.24, 2.45) is 0 Å². The average molecular weight is 449 g/mol. The van der Waals surface area contributed by atoms with Crippen LogP contribution in [-0.4, -0.2) is 62.9 Å². The fraction of sp³-hybridized carbons (Fsp3) is 0.400.